The van der Waals surface area contributed by atoms with Gasteiger partial charge in [-0.05, 0) is 38.1 Å². The van der Waals surface area contributed by atoms with Gasteiger partial charge in [-0.3, -0.25) is 0 Å². The Kier molecular flexibility index (Phi) is 3.01. The van der Waals surface area contributed by atoms with Gasteiger partial charge in [-0.25, -0.2) is 0 Å². The summed E-state index contributed by atoms with van der Waals surface area (Å²) in [6, 6.07) is 0. The number of hydrogen-bond acceptors (Lipinski definition) is 2. The van der Waals surface area contributed by atoms with Gasteiger partial charge in [0.2, 0.25) is 0 Å². The molecule has 1 aliphatic carbocycles. The smallest absolute Gasteiger partial charge is 0.0598 e. The minimum Gasteiger partial charge on any atom is -0.393 e. The molecule has 0 amide bonds. The van der Waals surface area contributed by atoms with Crippen molar-refractivity contribution >= 4 is 0 Å². The van der Waals surface area contributed by atoms with Crippen LogP contribution in [0, 0.1) is 11.8 Å². The van der Waals surface area contributed by atoms with Gasteiger partial charge in [-0.15, -0.1) is 0 Å². The number of hydrogen-bond donors (Lipinski definition) is 2. The Balaban J connectivity index is 1.96. The number of aliphatic hydroxyl groups is 1. The zero-order valence-corrected chi connectivity index (χ0v) is 8.08. The van der Waals surface area contributed by atoms with Gasteiger partial charge in [0.25, 0.3) is 0 Å². The number of aliphatic hydroxyl groups excluding tert-OH is 1. The molecule has 74 valence electrons. The van der Waals surface area contributed by atoms with Gasteiger partial charge in [0, 0.05) is 12.5 Å². The van der Waals surface area contributed by atoms with Crippen LogP contribution in [0.2, 0.25) is 0 Å². The highest BCUT2D eigenvalue weighted by molar-refractivity contribution is 4.98. The molecule has 0 radical (unpaired) electrons. The molecule has 2 aliphatic rings. The third-order valence-electron chi connectivity index (χ3n) is 3.33. The highest BCUT2D eigenvalue weighted by Crippen LogP contribution is 2.29. The summed E-state index contributed by atoms with van der Waals surface area (Å²) in [5, 5.41) is 13.2. The molecule has 1 heterocycles. The summed E-state index contributed by atoms with van der Waals surface area (Å²) in [4.78, 5) is 0. The molecule has 3 atom stereocenters. The van der Waals surface area contributed by atoms with E-state index in [9.17, 15) is 5.11 Å². The molecular weight excluding hydrogens is 162 g/mol. The second kappa shape index (κ2) is 4.25. The minimum absolute atomic E-state index is 0.0750. The summed E-state index contributed by atoms with van der Waals surface area (Å²) in [5.74, 6) is 1.09. The quantitative estimate of drug-likeness (QED) is 0.598. The first-order valence-electron chi connectivity index (χ1n) is 5.43. The summed E-state index contributed by atoms with van der Waals surface area (Å²) in [7, 11) is 0. The number of piperidine rings is 1. The molecule has 2 heteroatoms. The van der Waals surface area contributed by atoms with Crippen LogP contribution in [0.1, 0.15) is 25.7 Å². The summed E-state index contributed by atoms with van der Waals surface area (Å²) in [6.45, 7) is 1.98. The Labute approximate surface area is 80.0 Å². The number of allylic oxidation sites excluding steroid dienone is 2. The standard InChI is InChI=1S/C11H19NO/c13-11-6-7-12-8-10(11)9-4-2-1-3-5-9/h2,4,9-13H,1,3,5-8H2. The van der Waals surface area contributed by atoms with Gasteiger partial charge in [0.15, 0.2) is 0 Å². The first-order chi connectivity index (χ1) is 6.38. The molecule has 1 fully saturated rings. The van der Waals surface area contributed by atoms with Gasteiger partial charge in [-0.2, -0.15) is 0 Å². The fraction of sp³-hybridized carbons (Fsp3) is 0.818. The van der Waals surface area contributed by atoms with Crippen LogP contribution < -0.4 is 5.32 Å². The largest absolute Gasteiger partial charge is 0.393 e. The molecule has 0 bridgehead atoms. The van der Waals surface area contributed by atoms with Crippen LogP contribution in [0.3, 0.4) is 0 Å². The third-order valence-corrected chi connectivity index (χ3v) is 3.33. The molecule has 2 rings (SSSR count). The predicted molar refractivity (Wildman–Crippen MR) is 53.5 cm³/mol. The van der Waals surface area contributed by atoms with Crippen molar-refractivity contribution in [3.05, 3.63) is 12.2 Å². The molecule has 2 nitrogen and oxygen atoms in total. The van der Waals surface area contributed by atoms with Gasteiger partial charge in [0.05, 0.1) is 6.10 Å². The van der Waals surface area contributed by atoms with E-state index in [0.29, 0.717) is 11.8 Å². The van der Waals surface area contributed by atoms with E-state index in [1.165, 1.54) is 19.3 Å². The van der Waals surface area contributed by atoms with E-state index in [1.807, 2.05) is 0 Å². The van der Waals surface area contributed by atoms with Crippen molar-refractivity contribution in [2.24, 2.45) is 11.8 Å². The number of rotatable bonds is 1. The van der Waals surface area contributed by atoms with Crippen molar-refractivity contribution < 1.29 is 5.11 Å². The molecule has 0 aromatic carbocycles. The van der Waals surface area contributed by atoms with E-state index in [1.54, 1.807) is 0 Å². The summed E-state index contributed by atoms with van der Waals surface area (Å²) in [6.07, 6.45) is 9.22. The fourth-order valence-electron chi connectivity index (χ4n) is 2.50. The molecule has 0 spiro atoms. The minimum atomic E-state index is -0.0750. The highest BCUT2D eigenvalue weighted by Gasteiger charge is 2.29. The Hall–Kier alpha value is -0.340. The van der Waals surface area contributed by atoms with Crippen LogP contribution >= 0.6 is 0 Å². The van der Waals surface area contributed by atoms with E-state index >= 15 is 0 Å². The Bertz CT molecular complexity index is 191. The third kappa shape index (κ3) is 2.12. The monoisotopic (exact) mass is 181 g/mol. The molecule has 1 aliphatic heterocycles. The van der Waals surface area contributed by atoms with Crippen LogP contribution in [0.4, 0.5) is 0 Å². The molecule has 0 aromatic heterocycles. The lowest BCUT2D eigenvalue weighted by Crippen LogP contribution is -2.43. The van der Waals surface area contributed by atoms with Gasteiger partial charge < -0.3 is 10.4 Å². The Morgan fingerprint density at radius 1 is 1.31 bits per heavy atom. The zero-order valence-electron chi connectivity index (χ0n) is 8.08. The lowest BCUT2D eigenvalue weighted by atomic mass is 9.79. The Morgan fingerprint density at radius 2 is 2.23 bits per heavy atom. The van der Waals surface area contributed by atoms with Crippen LogP contribution in [0.25, 0.3) is 0 Å². The molecule has 2 N–H and O–H groups in total. The zero-order chi connectivity index (χ0) is 9.10. The molecule has 3 unspecified atom stereocenters. The molecule has 13 heavy (non-hydrogen) atoms. The van der Waals surface area contributed by atoms with E-state index in [2.05, 4.69) is 17.5 Å². The average Bonchev–Trinajstić information content (AvgIpc) is 2.20. The van der Waals surface area contributed by atoms with Crippen molar-refractivity contribution in [1.82, 2.24) is 5.32 Å². The highest BCUT2D eigenvalue weighted by atomic mass is 16.3. The van der Waals surface area contributed by atoms with Crippen molar-refractivity contribution in [3.63, 3.8) is 0 Å². The van der Waals surface area contributed by atoms with E-state index in [0.717, 1.165) is 19.5 Å². The number of nitrogens with one attached hydrogen (secondary N) is 1. The maximum absolute atomic E-state index is 9.85. The average molecular weight is 181 g/mol. The van der Waals surface area contributed by atoms with E-state index in [-0.39, 0.29) is 6.10 Å². The van der Waals surface area contributed by atoms with Gasteiger partial charge in [-0.1, -0.05) is 12.2 Å². The predicted octanol–water partition coefficient (Wildman–Crippen LogP) is 1.31. The van der Waals surface area contributed by atoms with Crippen LogP contribution in [0.5, 0.6) is 0 Å². The summed E-state index contributed by atoms with van der Waals surface area (Å²) < 4.78 is 0. The summed E-state index contributed by atoms with van der Waals surface area (Å²) >= 11 is 0. The van der Waals surface area contributed by atoms with E-state index < -0.39 is 0 Å². The summed E-state index contributed by atoms with van der Waals surface area (Å²) in [5.41, 5.74) is 0. The fourth-order valence-corrected chi connectivity index (χ4v) is 2.50. The topological polar surface area (TPSA) is 32.3 Å². The second-order valence-corrected chi connectivity index (χ2v) is 4.25. The molecule has 0 saturated carbocycles. The molecular formula is C11H19NO. The van der Waals surface area contributed by atoms with Crippen LogP contribution in [-0.2, 0) is 0 Å². The molecule has 1 saturated heterocycles. The van der Waals surface area contributed by atoms with Crippen molar-refractivity contribution in [1.29, 1.82) is 0 Å². The lowest BCUT2D eigenvalue weighted by molar-refractivity contribution is 0.0540. The Morgan fingerprint density at radius 3 is 2.92 bits per heavy atom. The van der Waals surface area contributed by atoms with Crippen LogP contribution in [-0.4, -0.2) is 24.3 Å². The van der Waals surface area contributed by atoms with E-state index in [4.69, 9.17) is 0 Å². The second-order valence-electron chi connectivity index (χ2n) is 4.25. The van der Waals surface area contributed by atoms with Crippen molar-refractivity contribution in [3.8, 4) is 0 Å². The molecule has 0 aromatic rings. The normalized spacial score (nSPS) is 40.5. The van der Waals surface area contributed by atoms with Gasteiger partial charge >= 0.3 is 0 Å². The first-order valence-corrected chi connectivity index (χ1v) is 5.43. The maximum Gasteiger partial charge on any atom is 0.0598 e. The first kappa shape index (κ1) is 9.22. The maximum atomic E-state index is 9.85. The lowest BCUT2D eigenvalue weighted by Gasteiger charge is -2.34. The van der Waals surface area contributed by atoms with Crippen LogP contribution in [0.15, 0.2) is 12.2 Å². The van der Waals surface area contributed by atoms with Crippen molar-refractivity contribution in [2.45, 2.75) is 31.8 Å². The van der Waals surface area contributed by atoms with Gasteiger partial charge in [0.1, 0.15) is 0 Å². The van der Waals surface area contributed by atoms with Crippen molar-refractivity contribution in [2.75, 3.05) is 13.1 Å². The SMILES string of the molecule is OC1CCNCC1C1C=CCCC1.